The lowest BCUT2D eigenvalue weighted by molar-refractivity contribution is 0.542. The van der Waals surface area contributed by atoms with E-state index in [1.807, 2.05) is 6.07 Å². The summed E-state index contributed by atoms with van der Waals surface area (Å²) in [4.78, 5) is 0. The van der Waals surface area contributed by atoms with Crippen molar-refractivity contribution in [1.82, 2.24) is 15.5 Å². The average Bonchev–Trinajstić information content (AvgIpc) is 2.86. The molecule has 0 radical (unpaired) electrons. The van der Waals surface area contributed by atoms with Gasteiger partial charge < -0.3 is 5.32 Å². The molecule has 0 saturated carbocycles. The van der Waals surface area contributed by atoms with Crippen LogP contribution in [0.25, 0.3) is 10.6 Å². The Labute approximate surface area is 137 Å². The third-order valence-corrected chi connectivity index (χ3v) is 4.60. The number of benzene rings is 1. The second-order valence-corrected chi connectivity index (χ2v) is 7.22. The van der Waals surface area contributed by atoms with E-state index in [1.165, 1.54) is 17.4 Å². The number of halogens is 2. The van der Waals surface area contributed by atoms with Crippen molar-refractivity contribution < 1.29 is 4.39 Å². The maximum atomic E-state index is 13.9. The van der Waals surface area contributed by atoms with E-state index >= 15 is 0 Å². The zero-order chi connectivity index (χ0) is 15.2. The summed E-state index contributed by atoms with van der Waals surface area (Å²) in [6, 6.07) is 4.93. The van der Waals surface area contributed by atoms with E-state index in [4.69, 9.17) is 0 Å². The maximum absolute atomic E-state index is 13.9. The third-order valence-electron chi connectivity index (χ3n) is 2.94. The van der Waals surface area contributed by atoms with Gasteiger partial charge in [0.05, 0.1) is 5.56 Å². The predicted octanol–water partition coefficient (Wildman–Crippen LogP) is 4.28. The summed E-state index contributed by atoms with van der Waals surface area (Å²) in [6.07, 6.45) is 1.88. The molecule has 2 rings (SSSR count). The van der Waals surface area contributed by atoms with Crippen LogP contribution in [0.4, 0.5) is 4.39 Å². The SMILES string of the molecule is CC(C)CNCCCc1nnc(-c2c(F)cccc2Br)s1. The molecular weight excluding hydrogens is 353 g/mol. The molecule has 2 aromatic rings. The van der Waals surface area contributed by atoms with Gasteiger partial charge in [-0.1, -0.05) is 31.3 Å². The molecule has 0 unspecified atom stereocenters. The van der Waals surface area contributed by atoms with Crippen LogP contribution in [-0.2, 0) is 6.42 Å². The zero-order valence-electron chi connectivity index (χ0n) is 12.2. The Morgan fingerprint density at radius 1 is 1.33 bits per heavy atom. The lowest BCUT2D eigenvalue weighted by atomic mass is 10.2. The first-order valence-corrected chi connectivity index (χ1v) is 8.66. The topological polar surface area (TPSA) is 37.8 Å². The highest BCUT2D eigenvalue weighted by atomic mass is 79.9. The van der Waals surface area contributed by atoms with Crippen LogP contribution in [0.1, 0.15) is 25.3 Å². The lowest BCUT2D eigenvalue weighted by Crippen LogP contribution is -2.21. The number of nitrogens with zero attached hydrogens (tertiary/aromatic N) is 2. The summed E-state index contributed by atoms with van der Waals surface area (Å²) in [5.41, 5.74) is 0.499. The molecule has 1 heterocycles. The van der Waals surface area contributed by atoms with Gasteiger partial charge in [0.15, 0.2) is 5.01 Å². The van der Waals surface area contributed by atoms with Crippen LogP contribution in [0.15, 0.2) is 22.7 Å². The van der Waals surface area contributed by atoms with Gasteiger partial charge in [0, 0.05) is 10.9 Å². The Bertz CT molecular complexity index is 566. The third kappa shape index (κ3) is 4.83. The second kappa shape index (κ2) is 7.96. The van der Waals surface area contributed by atoms with Crippen molar-refractivity contribution >= 4 is 27.3 Å². The average molecular weight is 372 g/mol. The largest absolute Gasteiger partial charge is 0.316 e. The van der Waals surface area contributed by atoms with Crippen LogP contribution in [0.5, 0.6) is 0 Å². The fraction of sp³-hybridized carbons (Fsp3) is 0.467. The first kappa shape index (κ1) is 16.5. The molecule has 0 atom stereocenters. The molecule has 0 amide bonds. The highest BCUT2D eigenvalue weighted by Crippen LogP contribution is 2.32. The number of hydrogen-bond donors (Lipinski definition) is 1. The van der Waals surface area contributed by atoms with Gasteiger partial charge in [-0.2, -0.15) is 0 Å². The van der Waals surface area contributed by atoms with Gasteiger partial charge in [0.1, 0.15) is 10.8 Å². The Morgan fingerprint density at radius 2 is 2.14 bits per heavy atom. The number of nitrogens with one attached hydrogen (secondary N) is 1. The molecule has 21 heavy (non-hydrogen) atoms. The molecule has 0 bridgehead atoms. The summed E-state index contributed by atoms with van der Waals surface area (Å²) in [5, 5.41) is 13.3. The summed E-state index contributed by atoms with van der Waals surface area (Å²) >= 11 is 4.83. The molecule has 0 spiro atoms. The lowest BCUT2D eigenvalue weighted by Gasteiger charge is -2.05. The molecule has 6 heteroatoms. The van der Waals surface area contributed by atoms with E-state index in [-0.39, 0.29) is 5.82 Å². The van der Waals surface area contributed by atoms with Gasteiger partial charge in [0.2, 0.25) is 0 Å². The number of rotatable bonds is 7. The van der Waals surface area contributed by atoms with Crippen LogP contribution < -0.4 is 5.32 Å². The molecule has 0 aliphatic carbocycles. The predicted molar refractivity (Wildman–Crippen MR) is 89.0 cm³/mol. The highest BCUT2D eigenvalue weighted by Gasteiger charge is 2.14. The van der Waals surface area contributed by atoms with E-state index in [1.54, 1.807) is 6.07 Å². The van der Waals surface area contributed by atoms with Crippen molar-refractivity contribution in [2.24, 2.45) is 5.92 Å². The van der Waals surface area contributed by atoms with Crippen molar-refractivity contribution in [3.05, 3.63) is 33.5 Å². The van der Waals surface area contributed by atoms with Gasteiger partial charge in [-0.25, -0.2) is 4.39 Å². The molecular formula is C15H19BrFN3S. The van der Waals surface area contributed by atoms with Crippen LogP contribution in [0.2, 0.25) is 0 Å². The molecule has 0 aliphatic rings. The molecule has 1 aromatic carbocycles. The number of hydrogen-bond acceptors (Lipinski definition) is 4. The summed E-state index contributed by atoms with van der Waals surface area (Å²) in [7, 11) is 0. The smallest absolute Gasteiger partial charge is 0.151 e. The molecule has 0 aliphatic heterocycles. The number of aryl methyl sites for hydroxylation is 1. The van der Waals surface area contributed by atoms with E-state index in [0.29, 0.717) is 21.0 Å². The summed E-state index contributed by atoms with van der Waals surface area (Å²) in [5.74, 6) is 0.391. The Morgan fingerprint density at radius 3 is 2.86 bits per heavy atom. The van der Waals surface area contributed by atoms with Crippen LogP contribution >= 0.6 is 27.3 Å². The van der Waals surface area contributed by atoms with Crippen molar-refractivity contribution in [2.45, 2.75) is 26.7 Å². The molecule has 114 valence electrons. The minimum absolute atomic E-state index is 0.273. The van der Waals surface area contributed by atoms with Crippen molar-refractivity contribution in [2.75, 3.05) is 13.1 Å². The Kier molecular flexibility index (Phi) is 6.26. The fourth-order valence-electron chi connectivity index (χ4n) is 1.91. The van der Waals surface area contributed by atoms with Crippen molar-refractivity contribution in [3.63, 3.8) is 0 Å². The molecule has 0 saturated heterocycles. The number of aromatic nitrogens is 2. The first-order chi connectivity index (χ1) is 10.1. The van der Waals surface area contributed by atoms with Gasteiger partial charge in [0.25, 0.3) is 0 Å². The van der Waals surface area contributed by atoms with Gasteiger partial charge in [-0.3, -0.25) is 0 Å². The van der Waals surface area contributed by atoms with E-state index in [2.05, 4.69) is 45.3 Å². The minimum atomic E-state index is -0.273. The van der Waals surface area contributed by atoms with Gasteiger partial charge >= 0.3 is 0 Å². The highest BCUT2D eigenvalue weighted by molar-refractivity contribution is 9.10. The molecule has 0 fully saturated rings. The Balaban J connectivity index is 1.93. The summed E-state index contributed by atoms with van der Waals surface area (Å²) in [6.45, 7) is 6.38. The van der Waals surface area contributed by atoms with Crippen molar-refractivity contribution in [3.8, 4) is 10.6 Å². The van der Waals surface area contributed by atoms with E-state index in [0.717, 1.165) is 30.9 Å². The molecule has 1 N–H and O–H groups in total. The van der Waals surface area contributed by atoms with E-state index < -0.39 is 0 Å². The quantitative estimate of drug-likeness (QED) is 0.737. The Hall–Kier alpha value is -0.850. The van der Waals surface area contributed by atoms with Gasteiger partial charge in [-0.05, 0) is 53.5 Å². The van der Waals surface area contributed by atoms with Crippen LogP contribution in [0, 0.1) is 11.7 Å². The second-order valence-electron chi connectivity index (χ2n) is 5.30. The normalized spacial score (nSPS) is 11.3. The standard InChI is InChI=1S/C15H19BrFN3S/c1-10(2)9-18-8-4-7-13-19-20-15(21-13)14-11(16)5-3-6-12(14)17/h3,5-6,10,18H,4,7-9H2,1-2H3. The zero-order valence-corrected chi connectivity index (χ0v) is 14.6. The minimum Gasteiger partial charge on any atom is -0.316 e. The molecule has 3 nitrogen and oxygen atoms in total. The monoisotopic (exact) mass is 371 g/mol. The van der Waals surface area contributed by atoms with Crippen molar-refractivity contribution in [1.29, 1.82) is 0 Å². The maximum Gasteiger partial charge on any atom is 0.151 e. The molecule has 1 aromatic heterocycles. The fourth-order valence-corrected chi connectivity index (χ4v) is 3.52. The first-order valence-electron chi connectivity index (χ1n) is 7.05. The van der Waals surface area contributed by atoms with Gasteiger partial charge in [-0.15, -0.1) is 10.2 Å². The van der Waals surface area contributed by atoms with E-state index in [9.17, 15) is 4.39 Å². The van der Waals surface area contributed by atoms with Crippen LogP contribution in [-0.4, -0.2) is 23.3 Å². The summed E-state index contributed by atoms with van der Waals surface area (Å²) < 4.78 is 14.6. The van der Waals surface area contributed by atoms with Crippen LogP contribution in [0.3, 0.4) is 0 Å².